The zero-order chi connectivity index (χ0) is 40.9. The highest BCUT2D eigenvalue weighted by Crippen LogP contribution is 2.23. The zero-order valence-electron chi connectivity index (χ0n) is 35.4. The second kappa shape index (κ2) is 37.2. The minimum atomic E-state index is -1.57. The lowest BCUT2D eigenvalue weighted by Gasteiger charge is -2.40. The largest absolute Gasteiger partial charge is 0.394 e. The SMILES string of the molecule is CC/C=C\C/C=C\C/C=C\C/C=C\C/C=C\CC(=O)NC(COC1OC(CO)C(O)C(O)C1O)C(O)CCCCCCCCCCCCCCCCCCCC. The van der Waals surface area contributed by atoms with E-state index in [4.69, 9.17) is 9.47 Å². The lowest BCUT2D eigenvalue weighted by atomic mass is 9.99. The van der Waals surface area contributed by atoms with Gasteiger partial charge in [0.25, 0.3) is 0 Å². The van der Waals surface area contributed by atoms with Crippen LogP contribution in [0.1, 0.15) is 174 Å². The Labute approximate surface area is 341 Å². The number of rotatable bonds is 36. The summed E-state index contributed by atoms with van der Waals surface area (Å²) in [5, 5.41) is 54.2. The summed E-state index contributed by atoms with van der Waals surface area (Å²) in [6.07, 6.45) is 41.1. The van der Waals surface area contributed by atoms with E-state index in [1.54, 1.807) is 6.08 Å². The molecule has 0 aliphatic carbocycles. The summed E-state index contributed by atoms with van der Waals surface area (Å²) in [7, 11) is 0. The molecule has 0 aromatic carbocycles. The summed E-state index contributed by atoms with van der Waals surface area (Å²) < 4.78 is 11.2. The molecule has 0 aromatic heterocycles. The molecule has 1 amide bonds. The first-order chi connectivity index (χ1) is 27.3. The van der Waals surface area contributed by atoms with Crippen LogP contribution in [-0.2, 0) is 14.3 Å². The van der Waals surface area contributed by atoms with Gasteiger partial charge in [0, 0.05) is 6.42 Å². The van der Waals surface area contributed by atoms with Crippen LogP contribution in [0, 0.1) is 0 Å². The van der Waals surface area contributed by atoms with E-state index in [0.29, 0.717) is 12.8 Å². The molecule has 0 saturated carbocycles. The molecule has 7 atom stereocenters. The standard InChI is InChI=1S/C47H83NO8/c1-3-5-7-9-11-13-15-17-19-20-21-23-24-26-28-30-32-34-36-41(50)40(39-55-47-46(54)45(53)44(52)42(38-49)56-47)48-43(51)37-35-33-31-29-27-25-22-18-16-14-12-10-8-6-4-2/h6,8,12,14,18,22,27,29,33,35,40-42,44-47,49-50,52-54H,3-5,7,9-11,13,15-17,19-21,23-26,28,30-32,34,36-39H2,1-2H3,(H,48,51)/b8-6-,14-12-,22-18-,29-27-,35-33-. The molecule has 324 valence electrons. The third kappa shape index (κ3) is 27.5. The first-order valence-electron chi connectivity index (χ1n) is 22.5. The predicted octanol–water partition coefficient (Wildman–Crippen LogP) is 9.22. The van der Waals surface area contributed by atoms with Crippen LogP contribution in [0.3, 0.4) is 0 Å². The third-order valence-corrected chi connectivity index (χ3v) is 10.4. The average Bonchev–Trinajstić information content (AvgIpc) is 3.20. The normalized spacial score (nSPS) is 21.7. The topological polar surface area (TPSA) is 149 Å². The van der Waals surface area contributed by atoms with Gasteiger partial charge in [-0.15, -0.1) is 0 Å². The van der Waals surface area contributed by atoms with Gasteiger partial charge >= 0.3 is 0 Å². The van der Waals surface area contributed by atoms with Gasteiger partial charge in [-0.1, -0.05) is 190 Å². The summed E-state index contributed by atoms with van der Waals surface area (Å²) in [5.41, 5.74) is 0. The van der Waals surface area contributed by atoms with Crippen LogP contribution >= 0.6 is 0 Å². The number of carbonyl (C=O) groups is 1. The summed E-state index contributed by atoms with van der Waals surface area (Å²) in [6.45, 7) is 3.65. The molecule has 7 unspecified atom stereocenters. The Morgan fingerprint density at radius 3 is 1.48 bits per heavy atom. The molecule has 9 heteroatoms. The minimum absolute atomic E-state index is 0.135. The Bertz CT molecular complexity index is 1060. The van der Waals surface area contributed by atoms with Gasteiger partial charge in [0.15, 0.2) is 6.29 Å². The third-order valence-electron chi connectivity index (χ3n) is 10.4. The number of amides is 1. The van der Waals surface area contributed by atoms with Gasteiger partial charge in [-0.2, -0.15) is 0 Å². The number of hydrogen-bond donors (Lipinski definition) is 6. The summed E-state index contributed by atoms with van der Waals surface area (Å²) in [6, 6.07) is -0.775. The van der Waals surface area contributed by atoms with Crippen molar-refractivity contribution in [3.05, 3.63) is 60.8 Å². The Morgan fingerprint density at radius 1 is 0.607 bits per heavy atom. The van der Waals surface area contributed by atoms with E-state index in [1.165, 1.54) is 96.3 Å². The number of carbonyl (C=O) groups excluding carboxylic acids is 1. The molecule has 56 heavy (non-hydrogen) atoms. The second-order valence-electron chi connectivity index (χ2n) is 15.5. The lowest BCUT2D eigenvalue weighted by Crippen LogP contribution is -2.60. The molecular weight excluding hydrogens is 707 g/mol. The molecular formula is C47H83NO8. The lowest BCUT2D eigenvalue weighted by molar-refractivity contribution is -0.302. The maximum absolute atomic E-state index is 12.9. The number of aliphatic hydroxyl groups excluding tert-OH is 5. The maximum Gasteiger partial charge on any atom is 0.224 e. The Kier molecular flexibility index (Phi) is 34.5. The van der Waals surface area contributed by atoms with Gasteiger partial charge < -0.3 is 40.3 Å². The predicted molar refractivity (Wildman–Crippen MR) is 230 cm³/mol. The van der Waals surface area contributed by atoms with E-state index in [2.05, 4.69) is 67.8 Å². The number of hydrogen-bond acceptors (Lipinski definition) is 8. The fourth-order valence-electron chi connectivity index (χ4n) is 6.82. The molecule has 1 aliphatic heterocycles. The summed E-state index contributed by atoms with van der Waals surface area (Å²) >= 11 is 0. The van der Waals surface area contributed by atoms with Crippen LogP contribution in [0.2, 0.25) is 0 Å². The van der Waals surface area contributed by atoms with Gasteiger partial charge in [0.05, 0.1) is 25.4 Å². The van der Waals surface area contributed by atoms with E-state index >= 15 is 0 Å². The molecule has 0 radical (unpaired) electrons. The van der Waals surface area contributed by atoms with Crippen molar-refractivity contribution in [1.82, 2.24) is 5.32 Å². The Balaban J connectivity index is 2.40. The molecule has 1 fully saturated rings. The smallest absolute Gasteiger partial charge is 0.224 e. The van der Waals surface area contributed by atoms with E-state index in [9.17, 15) is 30.3 Å². The molecule has 6 N–H and O–H groups in total. The molecule has 1 saturated heterocycles. The second-order valence-corrected chi connectivity index (χ2v) is 15.5. The van der Waals surface area contributed by atoms with Crippen molar-refractivity contribution in [2.24, 2.45) is 0 Å². The van der Waals surface area contributed by atoms with Crippen LogP contribution in [0.4, 0.5) is 0 Å². The molecule has 1 aliphatic rings. The van der Waals surface area contributed by atoms with E-state index in [1.807, 2.05) is 6.08 Å². The molecule has 0 spiro atoms. The molecule has 1 heterocycles. The highest BCUT2D eigenvalue weighted by atomic mass is 16.7. The van der Waals surface area contributed by atoms with Crippen molar-refractivity contribution in [2.75, 3.05) is 13.2 Å². The van der Waals surface area contributed by atoms with Crippen LogP contribution in [0.25, 0.3) is 0 Å². The number of allylic oxidation sites excluding steroid dienone is 9. The van der Waals surface area contributed by atoms with Crippen LogP contribution in [0.5, 0.6) is 0 Å². The van der Waals surface area contributed by atoms with Gasteiger partial charge in [-0.05, 0) is 38.5 Å². The number of nitrogens with one attached hydrogen (secondary N) is 1. The summed E-state index contributed by atoms with van der Waals surface area (Å²) in [5.74, 6) is -0.273. The van der Waals surface area contributed by atoms with Crippen molar-refractivity contribution in [3.63, 3.8) is 0 Å². The van der Waals surface area contributed by atoms with E-state index in [0.717, 1.165) is 44.9 Å². The van der Waals surface area contributed by atoms with Crippen LogP contribution in [-0.4, -0.2) is 87.5 Å². The molecule has 0 bridgehead atoms. The zero-order valence-corrected chi connectivity index (χ0v) is 35.4. The van der Waals surface area contributed by atoms with Crippen molar-refractivity contribution in [3.8, 4) is 0 Å². The highest BCUT2D eigenvalue weighted by Gasteiger charge is 2.44. The van der Waals surface area contributed by atoms with Crippen molar-refractivity contribution in [1.29, 1.82) is 0 Å². The number of unbranched alkanes of at least 4 members (excludes halogenated alkanes) is 17. The first-order valence-corrected chi connectivity index (χ1v) is 22.5. The fourth-order valence-corrected chi connectivity index (χ4v) is 6.82. The van der Waals surface area contributed by atoms with E-state index < -0.39 is 49.5 Å². The molecule has 0 aromatic rings. The summed E-state index contributed by atoms with van der Waals surface area (Å²) in [4.78, 5) is 12.9. The van der Waals surface area contributed by atoms with Crippen molar-refractivity contribution >= 4 is 5.91 Å². The monoisotopic (exact) mass is 790 g/mol. The van der Waals surface area contributed by atoms with Crippen molar-refractivity contribution in [2.45, 2.75) is 217 Å². The number of aliphatic hydroxyl groups is 5. The average molecular weight is 790 g/mol. The van der Waals surface area contributed by atoms with Gasteiger partial charge in [0.2, 0.25) is 5.91 Å². The molecule has 9 nitrogen and oxygen atoms in total. The molecule has 1 rings (SSSR count). The van der Waals surface area contributed by atoms with Gasteiger partial charge in [-0.3, -0.25) is 4.79 Å². The van der Waals surface area contributed by atoms with E-state index in [-0.39, 0.29) is 18.9 Å². The van der Waals surface area contributed by atoms with Gasteiger partial charge in [0.1, 0.15) is 24.4 Å². The highest BCUT2D eigenvalue weighted by molar-refractivity contribution is 5.77. The van der Waals surface area contributed by atoms with Crippen molar-refractivity contribution < 1.29 is 39.8 Å². The fraction of sp³-hybridized carbons (Fsp3) is 0.766. The minimum Gasteiger partial charge on any atom is -0.394 e. The first kappa shape index (κ1) is 51.9. The van der Waals surface area contributed by atoms with Gasteiger partial charge in [-0.25, -0.2) is 0 Å². The number of ether oxygens (including phenoxy) is 2. The Hall–Kier alpha value is -2.11. The van der Waals surface area contributed by atoms with Crippen LogP contribution < -0.4 is 5.32 Å². The quantitative estimate of drug-likeness (QED) is 0.0272. The maximum atomic E-state index is 12.9. The Morgan fingerprint density at radius 2 is 1.04 bits per heavy atom. The van der Waals surface area contributed by atoms with Crippen LogP contribution in [0.15, 0.2) is 60.8 Å².